The number of hydrogen-bond donors (Lipinski definition) is 1. The van der Waals surface area contributed by atoms with Crippen molar-refractivity contribution in [3.05, 3.63) is 58.3 Å². The van der Waals surface area contributed by atoms with E-state index in [1.54, 1.807) is 12.1 Å². The summed E-state index contributed by atoms with van der Waals surface area (Å²) in [6.07, 6.45) is 0. The van der Waals surface area contributed by atoms with E-state index in [4.69, 9.17) is 5.73 Å². The van der Waals surface area contributed by atoms with Gasteiger partial charge >= 0.3 is 0 Å². The molecule has 0 spiro atoms. The van der Waals surface area contributed by atoms with E-state index < -0.39 is 0 Å². The fourth-order valence-corrected chi connectivity index (χ4v) is 2.08. The van der Waals surface area contributed by atoms with Crippen LogP contribution in [-0.4, -0.2) is 0 Å². The van der Waals surface area contributed by atoms with Gasteiger partial charge in [-0.15, -0.1) is 0 Å². The fraction of sp³-hybridized carbons (Fsp3) is 0.0769. The van der Waals surface area contributed by atoms with E-state index >= 15 is 0 Å². The molecule has 0 amide bonds. The lowest BCUT2D eigenvalue weighted by Gasteiger charge is -2.07. The molecule has 0 unspecified atom stereocenters. The lowest BCUT2D eigenvalue weighted by molar-refractivity contribution is 0.630. The Labute approximate surface area is 102 Å². The molecule has 0 aliphatic rings. The van der Waals surface area contributed by atoms with Crippen molar-refractivity contribution in [3.8, 4) is 11.1 Å². The van der Waals surface area contributed by atoms with Crippen LogP contribution in [0.2, 0.25) is 0 Å². The first-order chi connectivity index (χ1) is 7.72. The number of halogens is 2. The highest BCUT2D eigenvalue weighted by Crippen LogP contribution is 2.30. The van der Waals surface area contributed by atoms with Crippen molar-refractivity contribution in [2.24, 2.45) is 5.73 Å². The minimum atomic E-state index is -0.232. The topological polar surface area (TPSA) is 26.0 Å². The van der Waals surface area contributed by atoms with Crippen LogP contribution >= 0.6 is 15.9 Å². The molecule has 2 aromatic carbocycles. The van der Waals surface area contributed by atoms with Gasteiger partial charge in [0, 0.05) is 16.6 Å². The summed E-state index contributed by atoms with van der Waals surface area (Å²) < 4.78 is 14.6. The summed E-state index contributed by atoms with van der Waals surface area (Å²) in [6, 6.07) is 12.5. The highest BCUT2D eigenvalue weighted by Gasteiger charge is 2.08. The van der Waals surface area contributed by atoms with Crippen LogP contribution < -0.4 is 5.73 Å². The SMILES string of the molecule is NCc1ccc(F)c(-c2ccccc2Br)c1. The Kier molecular flexibility index (Phi) is 3.36. The van der Waals surface area contributed by atoms with Gasteiger partial charge in [0.05, 0.1) is 0 Å². The molecule has 2 N–H and O–H groups in total. The Morgan fingerprint density at radius 2 is 1.81 bits per heavy atom. The lowest BCUT2D eigenvalue weighted by atomic mass is 10.0. The minimum absolute atomic E-state index is 0.232. The van der Waals surface area contributed by atoms with Gasteiger partial charge in [0.2, 0.25) is 0 Å². The van der Waals surface area contributed by atoms with Crippen LogP contribution in [0.15, 0.2) is 46.9 Å². The standard InChI is InChI=1S/C13H11BrFN/c14-12-4-2-1-3-10(12)11-7-9(8-16)5-6-13(11)15/h1-7H,8,16H2. The second-order valence-electron chi connectivity index (χ2n) is 3.50. The Hall–Kier alpha value is -1.19. The molecule has 0 aliphatic heterocycles. The van der Waals surface area contributed by atoms with Crippen molar-refractivity contribution in [2.45, 2.75) is 6.54 Å². The summed E-state index contributed by atoms with van der Waals surface area (Å²) in [7, 11) is 0. The molecule has 0 heterocycles. The molecule has 2 rings (SSSR count). The van der Waals surface area contributed by atoms with Crippen molar-refractivity contribution in [1.29, 1.82) is 0 Å². The van der Waals surface area contributed by atoms with Crippen molar-refractivity contribution in [2.75, 3.05) is 0 Å². The van der Waals surface area contributed by atoms with Gasteiger partial charge in [0.25, 0.3) is 0 Å². The number of nitrogens with two attached hydrogens (primary N) is 1. The molecule has 0 atom stereocenters. The largest absolute Gasteiger partial charge is 0.326 e. The van der Waals surface area contributed by atoms with Gasteiger partial charge in [-0.25, -0.2) is 4.39 Å². The van der Waals surface area contributed by atoms with E-state index in [1.165, 1.54) is 6.07 Å². The Bertz CT molecular complexity index is 511. The zero-order chi connectivity index (χ0) is 11.5. The molecule has 3 heteroatoms. The molecule has 82 valence electrons. The monoisotopic (exact) mass is 279 g/mol. The zero-order valence-corrected chi connectivity index (χ0v) is 10.2. The van der Waals surface area contributed by atoms with Crippen LogP contribution in [0, 0.1) is 5.82 Å². The maximum absolute atomic E-state index is 13.7. The van der Waals surface area contributed by atoms with Crippen LogP contribution in [0.3, 0.4) is 0 Å². The Morgan fingerprint density at radius 3 is 2.50 bits per heavy atom. The number of rotatable bonds is 2. The van der Waals surface area contributed by atoms with E-state index in [0.717, 1.165) is 15.6 Å². The van der Waals surface area contributed by atoms with Crippen LogP contribution in [0.1, 0.15) is 5.56 Å². The van der Waals surface area contributed by atoms with Crippen molar-refractivity contribution in [1.82, 2.24) is 0 Å². The Morgan fingerprint density at radius 1 is 1.06 bits per heavy atom. The summed E-state index contributed by atoms with van der Waals surface area (Å²) in [5, 5.41) is 0. The Balaban J connectivity index is 2.59. The molecule has 1 nitrogen and oxygen atoms in total. The highest BCUT2D eigenvalue weighted by atomic mass is 79.9. The highest BCUT2D eigenvalue weighted by molar-refractivity contribution is 9.10. The maximum atomic E-state index is 13.7. The molecule has 0 saturated carbocycles. The van der Waals surface area contributed by atoms with Gasteiger partial charge in [-0.2, -0.15) is 0 Å². The normalized spacial score (nSPS) is 10.4. The predicted octanol–water partition coefficient (Wildman–Crippen LogP) is 3.71. The summed E-state index contributed by atoms with van der Waals surface area (Å²) in [6.45, 7) is 0.414. The van der Waals surface area contributed by atoms with E-state index in [-0.39, 0.29) is 5.82 Å². The molecule has 0 aromatic heterocycles. The van der Waals surface area contributed by atoms with Gasteiger partial charge in [0.15, 0.2) is 0 Å². The van der Waals surface area contributed by atoms with E-state index in [1.807, 2.05) is 24.3 Å². The third kappa shape index (κ3) is 2.15. The first-order valence-electron chi connectivity index (χ1n) is 4.96. The summed E-state index contributed by atoms with van der Waals surface area (Å²) in [5.74, 6) is -0.232. The first-order valence-corrected chi connectivity index (χ1v) is 5.75. The second-order valence-corrected chi connectivity index (χ2v) is 4.35. The third-order valence-electron chi connectivity index (χ3n) is 2.43. The smallest absolute Gasteiger partial charge is 0.131 e. The predicted molar refractivity (Wildman–Crippen MR) is 67.4 cm³/mol. The second kappa shape index (κ2) is 4.76. The van der Waals surface area contributed by atoms with Crippen LogP contribution in [0.4, 0.5) is 4.39 Å². The number of benzene rings is 2. The zero-order valence-electron chi connectivity index (χ0n) is 8.58. The van der Waals surface area contributed by atoms with Crippen LogP contribution in [0.5, 0.6) is 0 Å². The minimum Gasteiger partial charge on any atom is -0.326 e. The van der Waals surface area contributed by atoms with Crippen molar-refractivity contribution >= 4 is 15.9 Å². The molecular formula is C13H11BrFN. The molecule has 0 fully saturated rings. The van der Waals surface area contributed by atoms with E-state index in [2.05, 4.69) is 15.9 Å². The molecular weight excluding hydrogens is 269 g/mol. The third-order valence-corrected chi connectivity index (χ3v) is 3.12. The van der Waals surface area contributed by atoms with Gasteiger partial charge in [-0.1, -0.05) is 40.2 Å². The first kappa shape index (κ1) is 11.3. The average Bonchev–Trinajstić information content (AvgIpc) is 2.31. The summed E-state index contributed by atoms with van der Waals surface area (Å²) >= 11 is 3.42. The quantitative estimate of drug-likeness (QED) is 0.891. The summed E-state index contributed by atoms with van der Waals surface area (Å²) in [5.41, 5.74) is 7.90. The average molecular weight is 280 g/mol. The van der Waals surface area contributed by atoms with Crippen LogP contribution in [-0.2, 0) is 6.54 Å². The van der Waals surface area contributed by atoms with Crippen molar-refractivity contribution < 1.29 is 4.39 Å². The van der Waals surface area contributed by atoms with Crippen LogP contribution in [0.25, 0.3) is 11.1 Å². The van der Waals surface area contributed by atoms with Crippen molar-refractivity contribution in [3.63, 3.8) is 0 Å². The molecule has 2 aromatic rings. The maximum Gasteiger partial charge on any atom is 0.131 e. The van der Waals surface area contributed by atoms with Gasteiger partial charge in [-0.3, -0.25) is 0 Å². The molecule has 16 heavy (non-hydrogen) atoms. The van der Waals surface area contributed by atoms with Gasteiger partial charge < -0.3 is 5.73 Å². The molecule has 0 radical (unpaired) electrons. The van der Waals surface area contributed by atoms with Gasteiger partial charge in [0.1, 0.15) is 5.82 Å². The molecule has 0 saturated heterocycles. The fourth-order valence-electron chi connectivity index (χ4n) is 1.59. The van der Waals surface area contributed by atoms with E-state index in [9.17, 15) is 4.39 Å². The van der Waals surface area contributed by atoms with E-state index in [0.29, 0.717) is 12.1 Å². The summed E-state index contributed by atoms with van der Waals surface area (Å²) in [4.78, 5) is 0. The number of hydrogen-bond acceptors (Lipinski definition) is 1. The molecule has 0 aliphatic carbocycles. The molecule has 0 bridgehead atoms. The van der Waals surface area contributed by atoms with Gasteiger partial charge in [-0.05, 0) is 29.3 Å². The lowest BCUT2D eigenvalue weighted by Crippen LogP contribution is -1.97.